The van der Waals surface area contributed by atoms with E-state index in [4.69, 9.17) is 32.7 Å². The normalized spacial score (nSPS) is 14.0. The van der Waals surface area contributed by atoms with Gasteiger partial charge in [-0.1, -0.05) is 49.2 Å². The Kier molecular flexibility index (Phi) is 8.87. The Bertz CT molecular complexity index is 978. The van der Waals surface area contributed by atoms with Gasteiger partial charge < -0.3 is 19.7 Å². The van der Waals surface area contributed by atoms with Crippen LogP contribution in [-0.4, -0.2) is 35.6 Å². The summed E-state index contributed by atoms with van der Waals surface area (Å²) in [6.45, 7) is 6.21. The number of hydrogen-bond acceptors (Lipinski definition) is 4. The number of amides is 2. The summed E-state index contributed by atoms with van der Waals surface area (Å²) < 4.78 is 10.8. The molecule has 2 unspecified atom stereocenters. The third-order valence-electron chi connectivity index (χ3n) is 5.84. The fourth-order valence-electron chi connectivity index (χ4n) is 3.71. The second-order valence-corrected chi connectivity index (χ2v) is 8.97. The molecule has 6 nitrogen and oxygen atoms in total. The predicted molar refractivity (Wildman–Crippen MR) is 130 cm³/mol. The molecule has 2 atom stereocenters. The van der Waals surface area contributed by atoms with Crippen molar-refractivity contribution in [2.45, 2.75) is 65.1 Å². The maximum absolute atomic E-state index is 13.4. The number of nitrogens with zero attached hydrogens (tertiary/aromatic N) is 1. The van der Waals surface area contributed by atoms with Gasteiger partial charge >= 0.3 is 0 Å². The third-order valence-corrected chi connectivity index (χ3v) is 6.55. The van der Waals surface area contributed by atoms with Crippen molar-refractivity contribution in [3.63, 3.8) is 0 Å². The highest BCUT2D eigenvalue weighted by molar-refractivity contribution is 6.36. The number of benzene rings is 2. The molecule has 0 aromatic heterocycles. The lowest BCUT2D eigenvalue weighted by molar-refractivity contribution is -0.141. The van der Waals surface area contributed by atoms with Gasteiger partial charge in [-0.05, 0) is 56.0 Å². The molecule has 2 aromatic carbocycles. The first-order chi connectivity index (χ1) is 15.8. The summed E-state index contributed by atoms with van der Waals surface area (Å²) in [5.41, 5.74) is 1.59. The first kappa shape index (κ1) is 25.2. The molecule has 1 aliphatic rings. The second kappa shape index (κ2) is 11.6. The lowest BCUT2D eigenvalue weighted by atomic mass is 10.1. The first-order valence-corrected chi connectivity index (χ1v) is 12.0. The number of hydrogen-bond donors (Lipinski definition) is 1. The topological polar surface area (TPSA) is 67.9 Å². The van der Waals surface area contributed by atoms with Crippen LogP contribution in [0.15, 0.2) is 36.4 Å². The predicted octanol–water partition coefficient (Wildman–Crippen LogP) is 5.38. The minimum absolute atomic E-state index is 0.0148. The first-order valence-electron chi connectivity index (χ1n) is 11.2. The van der Waals surface area contributed by atoms with Gasteiger partial charge in [0.15, 0.2) is 11.5 Å². The SMILES string of the molecule is CCC(C)NC(=O)C(CC)N(Cc1c(Cl)cccc1Cl)C(=O)CCc1ccc2c(c1)OCO2. The summed E-state index contributed by atoms with van der Waals surface area (Å²) in [7, 11) is 0. The number of fused-ring (bicyclic) bond motifs is 1. The van der Waals surface area contributed by atoms with Crippen molar-refractivity contribution in [2.75, 3.05) is 6.79 Å². The van der Waals surface area contributed by atoms with Crippen LogP contribution in [0, 0.1) is 0 Å². The van der Waals surface area contributed by atoms with Crippen molar-refractivity contribution >= 4 is 35.0 Å². The molecule has 8 heteroatoms. The molecule has 0 saturated heterocycles. The summed E-state index contributed by atoms with van der Waals surface area (Å²) in [5.74, 6) is 1.06. The standard InChI is InChI=1S/C25H30Cl2N2O4/c1-4-16(3)28-25(31)21(5-2)29(14-18-19(26)7-6-8-20(18)27)24(30)12-10-17-9-11-22-23(13-17)33-15-32-22/h6-9,11,13,16,21H,4-5,10,12,14-15H2,1-3H3,(H,28,31). The van der Waals surface area contributed by atoms with E-state index in [0.29, 0.717) is 39.9 Å². The average molecular weight is 493 g/mol. The molecule has 0 saturated carbocycles. The van der Waals surface area contributed by atoms with Crippen LogP contribution in [0.5, 0.6) is 11.5 Å². The van der Waals surface area contributed by atoms with Gasteiger partial charge in [-0.25, -0.2) is 0 Å². The Morgan fingerprint density at radius 3 is 2.42 bits per heavy atom. The highest BCUT2D eigenvalue weighted by atomic mass is 35.5. The van der Waals surface area contributed by atoms with E-state index < -0.39 is 6.04 Å². The molecule has 0 aliphatic carbocycles. The van der Waals surface area contributed by atoms with Crippen molar-refractivity contribution in [1.82, 2.24) is 10.2 Å². The highest BCUT2D eigenvalue weighted by Gasteiger charge is 2.30. The largest absolute Gasteiger partial charge is 0.454 e. The van der Waals surface area contributed by atoms with Crippen molar-refractivity contribution in [1.29, 1.82) is 0 Å². The Labute approximate surface area is 205 Å². The van der Waals surface area contributed by atoms with Gasteiger partial charge in [0.25, 0.3) is 0 Å². The molecule has 0 radical (unpaired) electrons. The van der Waals surface area contributed by atoms with Gasteiger partial charge in [-0.2, -0.15) is 0 Å². The fourth-order valence-corrected chi connectivity index (χ4v) is 4.22. The van der Waals surface area contributed by atoms with Crippen molar-refractivity contribution in [3.05, 3.63) is 57.6 Å². The van der Waals surface area contributed by atoms with Gasteiger partial charge in [0.2, 0.25) is 18.6 Å². The van der Waals surface area contributed by atoms with Crippen LogP contribution in [-0.2, 0) is 22.6 Å². The zero-order chi connectivity index (χ0) is 24.0. The lowest BCUT2D eigenvalue weighted by Gasteiger charge is -2.32. The summed E-state index contributed by atoms with van der Waals surface area (Å²) in [6.07, 6.45) is 2.01. The Balaban J connectivity index is 1.81. The van der Waals surface area contributed by atoms with Crippen LogP contribution in [0.4, 0.5) is 0 Å². The van der Waals surface area contributed by atoms with E-state index in [1.165, 1.54) is 0 Å². The van der Waals surface area contributed by atoms with Crippen LogP contribution >= 0.6 is 23.2 Å². The van der Waals surface area contributed by atoms with Crippen LogP contribution < -0.4 is 14.8 Å². The third kappa shape index (κ3) is 6.33. The van der Waals surface area contributed by atoms with E-state index in [0.717, 1.165) is 12.0 Å². The Morgan fingerprint density at radius 1 is 1.06 bits per heavy atom. The number of carbonyl (C=O) groups excluding carboxylic acids is 2. The van der Waals surface area contributed by atoms with E-state index in [2.05, 4.69) is 5.32 Å². The van der Waals surface area contributed by atoms with Crippen LogP contribution in [0.2, 0.25) is 10.0 Å². The van der Waals surface area contributed by atoms with E-state index in [1.807, 2.05) is 39.0 Å². The number of halogens is 2. The van der Waals surface area contributed by atoms with Gasteiger partial charge in [0.05, 0.1) is 0 Å². The molecule has 178 valence electrons. The average Bonchev–Trinajstić information content (AvgIpc) is 3.27. The molecular weight excluding hydrogens is 463 g/mol. The van der Waals surface area contributed by atoms with Crippen LogP contribution in [0.1, 0.15) is 51.2 Å². The van der Waals surface area contributed by atoms with Crippen LogP contribution in [0.3, 0.4) is 0 Å². The van der Waals surface area contributed by atoms with Gasteiger partial charge in [-0.3, -0.25) is 9.59 Å². The fraction of sp³-hybridized carbons (Fsp3) is 0.440. The molecule has 2 aromatic rings. The summed E-state index contributed by atoms with van der Waals surface area (Å²) in [5, 5.41) is 3.94. The summed E-state index contributed by atoms with van der Waals surface area (Å²) in [6, 6.07) is 10.3. The van der Waals surface area contributed by atoms with Crippen molar-refractivity contribution < 1.29 is 19.1 Å². The molecule has 0 bridgehead atoms. The molecule has 3 rings (SSSR count). The molecule has 33 heavy (non-hydrogen) atoms. The quantitative estimate of drug-likeness (QED) is 0.483. The zero-order valence-corrected chi connectivity index (χ0v) is 20.7. The number of carbonyl (C=O) groups is 2. The van der Waals surface area contributed by atoms with E-state index >= 15 is 0 Å². The second-order valence-electron chi connectivity index (χ2n) is 8.15. The number of nitrogens with one attached hydrogen (secondary N) is 1. The summed E-state index contributed by atoms with van der Waals surface area (Å²) in [4.78, 5) is 28.1. The summed E-state index contributed by atoms with van der Waals surface area (Å²) >= 11 is 12.8. The monoisotopic (exact) mass is 492 g/mol. The van der Waals surface area contributed by atoms with E-state index in [1.54, 1.807) is 23.1 Å². The number of rotatable bonds is 10. The maximum Gasteiger partial charge on any atom is 0.243 e. The Hall–Kier alpha value is -2.44. The lowest BCUT2D eigenvalue weighted by Crippen LogP contribution is -2.50. The minimum Gasteiger partial charge on any atom is -0.454 e. The zero-order valence-electron chi connectivity index (χ0n) is 19.2. The van der Waals surface area contributed by atoms with E-state index in [9.17, 15) is 9.59 Å². The number of aryl methyl sites for hydroxylation is 1. The van der Waals surface area contributed by atoms with Crippen molar-refractivity contribution in [2.24, 2.45) is 0 Å². The van der Waals surface area contributed by atoms with Crippen molar-refractivity contribution in [3.8, 4) is 11.5 Å². The Morgan fingerprint density at radius 2 is 1.76 bits per heavy atom. The van der Waals surface area contributed by atoms with Crippen LogP contribution in [0.25, 0.3) is 0 Å². The number of ether oxygens (including phenoxy) is 2. The van der Waals surface area contributed by atoms with Gasteiger partial charge in [-0.15, -0.1) is 0 Å². The molecule has 0 fully saturated rings. The minimum atomic E-state index is -0.629. The molecular formula is C25H30Cl2N2O4. The molecule has 2 amide bonds. The van der Waals surface area contributed by atoms with Gasteiger partial charge in [0, 0.05) is 34.6 Å². The molecule has 1 heterocycles. The van der Waals surface area contributed by atoms with E-state index in [-0.39, 0.29) is 37.6 Å². The maximum atomic E-state index is 13.4. The van der Waals surface area contributed by atoms with Gasteiger partial charge in [0.1, 0.15) is 6.04 Å². The molecule has 0 spiro atoms. The highest BCUT2D eigenvalue weighted by Crippen LogP contribution is 2.33. The molecule has 1 N–H and O–H groups in total. The smallest absolute Gasteiger partial charge is 0.243 e. The molecule has 1 aliphatic heterocycles.